The molecule has 0 aromatic carbocycles. The second kappa shape index (κ2) is 12.0. The standard InChI is InChI=1S/C31H50N2O5S/c1-10-12-16-38-28(37)23-22-13-14-31(39-22)24(23)26(35)33(21(18-34)17-20(3)4)25(31)27(36)32(15-11-2)30(8,9)19-29(5,6)7/h10-11,20-25,34H,1-2,12-19H2,3-9H3/t21-,22+,23-,24+,25?,31?/m1/s1. The third-order valence-electron chi connectivity index (χ3n) is 8.43. The van der Waals surface area contributed by atoms with E-state index in [1.54, 1.807) is 28.8 Å². The van der Waals surface area contributed by atoms with E-state index in [9.17, 15) is 19.5 Å². The van der Waals surface area contributed by atoms with Crippen LogP contribution in [0.3, 0.4) is 0 Å². The first-order valence-electron chi connectivity index (χ1n) is 14.5. The van der Waals surface area contributed by atoms with Crippen molar-refractivity contribution in [1.82, 2.24) is 9.80 Å². The van der Waals surface area contributed by atoms with Crippen LogP contribution < -0.4 is 0 Å². The molecular weight excluding hydrogens is 512 g/mol. The molecule has 1 N–H and O–H groups in total. The van der Waals surface area contributed by atoms with Gasteiger partial charge in [0.05, 0.1) is 35.8 Å². The molecule has 220 valence electrons. The minimum absolute atomic E-state index is 0.0265. The lowest BCUT2D eigenvalue weighted by molar-refractivity contribution is -0.154. The molecule has 3 heterocycles. The molecule has 3 aliphatic heterocycles. The highest BCUT2D eigenvalue weighted by molar-refractivity contribution is 8.02. The Balaban J connectivity index is 2.10. The fourth-order valence-corrected chi connectivity index (χ4v) is 9.68. The summed E-state index contributed by atoms with van der Waals surface area (Å²) >= 11 is 1.64. The highest BCUT2D eigenvalue weighted by Crippen LogP contribution is 2.67. The number of esters is 1. The van der Waals surface area contributed by atoms with E-state index in [0.29, 0.717) is 25.8 Å². The van der Waals surface area contributed by atoms with Crippen molar-refractivity contribution >= 4 is 29.5 Å². The number of likely N-dealkylation sites (tertiary alicyclic amines) is 1. The van der Waals surface area contributed by atoms with Crippen LogP contribution in [0, 0.1) is 23.2 Å². The van der Waals surface area contributed by atoms with E-state index in [0.717, 1.165) is 12.8 Å². The number of thioether (sulfide) groups is 1. The molecule has 1 spiro atoms. The Kier molecular flexibility index (Phi) is 9.74. The van der Waals surface area contributed by atoms with E-state index in [-0.39, 0.29) is 47.6 Å². The van der Waals surface area contributed by atoms with E-state index in [2.05, 4.69) is 61.6 Å². The van der Waals surface area contributed by atoms with Crippen molar-refractivity contribution in [2.45, 2.75) is 108 Å². The molecule has 2 bridgehead atoms. The summed E-state index contributed by atoms with van der Waals surface area (Å²) in [5.74, 6) is -1.67. The average Bonchev–Trinajstić information content (AvgIpc) is 3.46. The third kappa shape index (κ3) is 6.12. The smallest absolute Gasteiger partial charge is 0.310 e. The fraction of sp³-hybridized carbons (Fsp3) is 0.774. The number of carbonyl (C=O) groups excluding carboxylic acids is 3. The molecule has 2 amide bonds. The van der Waals surface area contributed by atoms with Crippen molar-refractivity contribution in [3.05, 3.63) is 25.3 Å². The molecule has 0 saturated carbocycles. The van der Waals surface area contributed by atoms with Crippen molar-refractivity contribution in [2.75, 3.05) is 19.8 Å². The Labute approximate surface area is 239 Å². The zero-order chi connectivity index (χ0) is 29.3. The number of aliphatic hydroxyl groups is 1. The van der Waals surface area contributed by atoms with Crippen LogP contribution in [0.5, 0.6) is 0 Å². The fourth-order valence-electron chi connectivity index (χ4n) is 7.50. The Morgan fingerprint density at radius 2 is 1.90 bits per heavy atom. The highest BCUT2D eigenvalue weighted by atomic mass is 32.2. The van der Waals surface area contributed by atoms with Gasteiger partial charge in [-0.05, 0) is 57.3 Å². The van der Waals surface area contributed by atoms with Crippen molar-refractivity contribution in [3.63, 3.8) is 0 Å². The van der Waals surface area contributed by atoms with E-state index in [1.165, 1.54) is 0 Å². The van der Waals surface area contributed by atoms with Crippen molar-refractivity contribution in [2.24, 2.45) is 23.2 Å². The number of ether oxygens (including phenoxy) is 1. The van der Waals surface area contributed by atoms with Gasteiger partial charge in [0, 0.05) is 17.3 Å². The summed E-state index contributed by atoms with van der Waals surface area (Å²) < 4.78 is 4.88. The molecule has 3 rings (SSSR count). The zero-order valence-corrected chi connectivity index (χ0v) is 25.9. The van der Waals surface area contributed by atoms with Gasteiger partial charge in [0.1, 0.15) is 6.04 Å². The normalized spacial score (nSPS) is 28.9. The second-order valence-electron chi connectivity index (χ2n) is 13.8. The maximum absolute atomic E-state index is 14.8. The van der Waals surface area contributed by atoms with Gasteiger partial charge in [0.25, 0.3) is 0 Å². The Morgan fingerprint density at radius 1 is 1.23 bits per heavy atom. The second-order valence-corrected chi connectivity index (χ2v) is 15.4. The maximum atomic E-state index is 14.8. The summed E-state index contributed by atoms with van der Waals surface area (Å²) in [5.41, 5.74) is -0.522. The maximum Gasteiger partial charge on any atom is 0.310 e. The van der Waals surface area contributed by atoms with Crippen LogP contribution in [0.2, 0.25) is 0 Å². The molecule has 6 atom stereocenters. The zero-order valence-electron chi connectivity index (χ0n) is 25.1. The van der Waals surface area contributed by atoms with E-state index < -0.39 is 34.2 Å². The van der Waals surface area contributed by atoms with Crippen LogP contribution >= 0.6 is 11.8 Å². The monoisotopic (exact) mass is 562 g/mol. The molecule has 2 unspecified atom stereocenters. The van der Waals surface area contributed by atoms with Crippen LogP contribution in [0.1, 0.15) is 80.6 Å². The van der Waals surface area contributed by atoms with Gasteiger partial charge in [0.15, 0.2) is 0 Å². The quantitative estimate of drug-likeness (QED) is 0.197. The number of hydrogen-bond donors (Lipinski definition) is 1. The number of carbonyl (C=O) groups is 3. The molecule has 3 fully saturated rings. The molecule has 3 aliphatic rings. The van der Waals surface area contributed by atoms with E-state index >= 15 is 0 Å². The molecule has 0 aliphatic carbocycles. The number of nitrogens with zero attached hydrogens (tertiary/aromatic N) is 2. The van der Waals surface area contributed by atoms with Gasteiger partial charge in [-0.3, -0.25) is 14.4 Å². The Bertz CT molecular complexity index is 957. The van der Waals surface area contributed by atoms with Crippen LogP contribution in [0.4, 0.5) is 0 Å². The summed E-state index contributed by atoms with van der Waals surface area (Å²) in [4.78, 5) is 46.1. The minimum Gasteiger partial charge on any atom is -0.465 e. The summed E-state index contributed by atoms with van der Waals surface area (Å²) in [7, 11) is 0. The van der Waals surface area contributed by atoms with E-state index in [1.807, 2.05) is 4.90 Å². The molecule has 0 aromatic rings. The van der Waals surface area contributed by atoms with Crippen LogP contribution in [-0.2, 0) is 19.1 Å². The topological polar surface area (TPSA) is 87.2 Å². The first kappa shape index (κ1) is 31.7. The third-order valence-corrected chi connectivity index (χ3v) is 10.4. The number of hydrogen-bond acceptors (Lipinski definition) is 6. The number of amides is 2. The number of aliphatic hydroxyl groups excluding tert-OH is 1. The molecule has 0 aromatic heterocycles. The molecule has 0 radical (unpaired) electrons. The Morgan fingerprint density at radius 3 is 2.44 bits per heavy atom. The van der Waals surface area contributed by atoms with Gasteiger partial charge < -0.3 is 19.6 Å². The average molecular weight is 563 g/mol. The summed E-state index contributed by atoms with van der Waals surface area (Å²) in [6.07, 6.45) is 6.78. The van der Waals surface area contributed by atoms with E-state index in [4.69, 9.17) is 4.74 Å². The summed E-state index contributed by atoms with van der Waals surface area (Å²) in [5, 5.41) is 10.5. The SMILES string of the molecule is C=CCCOC(=O)[C@@H]1[C@@H]2CCC3(S2)C(C(=O)N(CC=C)C(C)(C)CC(C)(C)C)N([C@@H](CO)CC(C)C)C(=O)[C@H]13. The number of rotatable bonds is 13. The largest absolute Gasteiger partial charge is 0.465 e. The molecule has 8 heteroatoms. The minimum atomic E-state index is -0.758. The predicted molar refractivity (Wildman–Crippen MR) is 157 cm³/mol. The molecule has 3 saturated heterocycles. The lowest BCUT2D eigenvalue weighted by Crippen LogP contribution is -2.61. The van der Waals surface area contributed by atoms with Crippen LogP contribution in [-0.4, -0.2) is 80.1 Å². The molecule has 7 nitrogen and oxygen atoms in total. The predicted octanol–water partition coefficient (Wildman–Crippen LogP) is 4.83. The van der Waals surface area contributed by atoms with Crippen molar-refractivity contribution in [3.8, 4) is 0 Å². The lowest BCUT2D eigenvalue weighted by Gasteiger charge is -2.46. The highest BCUT2D eigenvalue weighted by Gasteiger charge is 2.75. The first-order chi connectivity index (χ1) is 18.1. The molecular formula is C31H50N2O5S. The van der Waals surface area contributed by atoms with Crippen molar-refractivity contribution in [1.29, 1.82) is 0 Å². The van der Waals surface area contributed by atoms with Crippen LogP contribution in [0.15, 0.2) is 25.3 Å². The number of fused-ring (bicyclic) bond motifs is 1. The molecule has 39 heavy (non-hydrogen) atoms. The summed E-state index contributed by atoms with van der Waals surface area (Å²) in [6.45, 7) is 22.7. The van der Waals surface area contributed by atoms with Crippen LogP contribution in [0.25, 0.3) is 0 Å². The van der Waals surface area contributed by atoms with Gasteiger partial charge in [-0.15, -0.1) is 24.9 Å². The first-order valence-corrected chi connectivity index (χ1v) is 15.3. The van der Waals surface area contributed by atoms with Gasteiger partial charge in [-0.1, -0.05) is 46.8 Å². The Hall–Kier alpha value is -1.80. The van der Waals surface area contributed by atoms with Crippen molar-refractivity contribution < 1.29 is 24.2 Å². The lowest BCUT2D eigenvalue weighted by atomic mass is 9.71. The van der Waals surface area contributed by atoms with Gasteiger partial charge in [0.2, 0.25) is 11.8 Å². The summed E-state index contributed by atoms with van der Waals surface area (Å²) in [6, 6.07) is -1.26. The van der Waals surface area contributed by atoms with Gasteiger partial charge in [-0.25, -0.2) is 0 Å². The van der Waals surface area contributed by atoms with Gasteiger partial charge >= 0.3 is 5.97 Å². The van der Waals surface area contributed by atoms with Gasteiger partial charge in [-0.2, -0.15) is 0 Å².